The van der Waals surface area contributed by atoms with Crippen molar-refractivity contribution >= 4 is 23.3 Å². The molecule has 1 amide bonds. The Hall–Kier alpha value is -2.24. The lowest BCUT2D eigenvalue weighted by Crippen LogP contribution is -2.61. The largest absolute Gasteiger partial charge is 0.390 e. The topological polar surface area (TPSA) is 66.4 Å². The molecule has 4 aliphatic rings. The summed E-state index contributed by atoms with van der Waals surface area (Å²) in [5, 5.41) is 14.1. The fourth-order valence-corrected chi connectivity index (χ4v) is 6.50. The summed E-state index contributed by atoms with van der Waals surface area (Å²) in [5.41, 5.74) is 0.461. The second kappa shape index (κ2) is 7.72. The van der Waals surface area contributed by atoms with Gasteiger partial charge in [-0.3, -0.25) is 9.59 Å². The van der Waals surface area contributed by atoms with Crippen LogP contribution in [-0.4, -0.2) is 28.4 Å². The average Bonchev–Trinajstić information content (AvgIpc) is 2.71. The van der Waals surface area contributed by atoms with Crippen LogP contribution in [0.3, 0.4) is 0 Å². The lowest BCUT2D eigenvalue weighted by Gasteiger charge is -2.58. The molecule has 4 saturated carbocycles. The van der Waals surface area contributed by atoms with Crippen molar-refractivity contribution in [3.8, 4) is 0 Å². The molecule has 4 bridgehead atoms. The molecule has 2 aromatic rings. The Morgan fingerprint density at radius 3 is 2.45 bits per heavy atom. The van der Waals surface area contributed by atoms with Crippen molar-refractivity contribution in [2.45, 2.75) is 50.2 Å². The van der Waals surface area contributed by atoms with Gasteiger partial charge in [0.15, 0.2) is 5.78 Å². The average molecular weight is 442 g/mol. The minimum Gasteiger partial charge on any atom is -0.390 e. The highest BCUT2D eigenvalue weighted by Crippen LogP contribution is 2.55. The van der Waals surface area contributed by atoms with Gasteiger partial charge in [0.1, 0.15) is 5.82 Å². The highest BCUT2D eigenvalue weighted by molar-refractivity contribution is 6.34. The molecule has 0 saturated heterocycles. The number of aliphatic hydroxyl groups is 1. The SMILES string of the molecule is O=C(Cc1ccccc1F)c1ccc(C(=O)NC2C3CC4CC2CC(O)(C4)C3)c(Cl)c1. The predicted molar refractivity (Wildman–Crippen MR) is 116 cm³/mol. The zero-order valence-electron chi connectivity index (χ0n) is 17.1. The molecule has 0 aromatic heterocycles. The molecule has 0 aliphatic heterocycles. The van der Waals surface area contributed by atoms with Crippen LogP contribution in [0, 0.1) is 23.6 Å². The van der Waals surface area contributed by atoms with Gasteiger partial charge in [-0.15, -0.1) is 0 Å². The number of nitrogens with one attached hydrogen (secondary N) is 1. The van der Waals surface area contributed by atoms with Crippen molar-refractivity contribution in [3.63, 3.8) is 0 Å². The first-order valence-corrected chi connectivity index (χ1v) is 11.3. The number of carbonyl (C=O) groups is 2. The second-order valence-corrected chi connectivity index (χ2v) is 9.99. The molecule has 4 fully saturated rings. The summed E-state index contributed by atoms with van der Waals surface area (Å²) in [7, 11) is 0. The number of ketones is 1. The quantitative estimate of drug-likeness (QED) is 0.668. The van der Waals surface area contributed by atoms with Crippen molar-refractivity contribution in [2.24, 2.45) is 17.8 Å². The Morgan fingerprint density at radius 2 is 1.81 bits per heavy atom. The minimum atomic E-state index is -0.546. The molecule has 0 spiro atoms. The second-order valence-electron chi connectivity index (χ2n) is 9.58. The van der Waals surface area contributed by atoms with Crippen LogP contribution in [-0.2, 0) is 6.42 Å². The molecular formula is C25H25ClFNO3. The highest BCUT2D eigenvalue weighted by Gasteiger charge is 2.55. The lowest BCUT2D eigenvalue weighted by atomic mass is 9.52. The van der Waals surface area contributed by atoms with E-state index in [0.717, 1.165) is 32.1 Å². The van der Waals surface area contributed by atoms with Crippen molar-refractivity contribution in [1.82, 2.24) is 5.32 Å². The first-order chi connectivity index (χ1) is 14.8. The number of hydrogen-bond acceptors (Lipinski definition) is 3. The van der Waals surface area contributed by atoms with Crippen molar-refractivity contribution in [2.75, 3.05) is 0 Å². The van der Waals surface area contributed by atoms with Gasteiger partial charge in [0, 0.05) is 18.0 Å². The summed E-state index contributed by atoms with van der Waals surface area (Å²) in [6.45, 7) is 0. The van der Waals surface area contributed by atoms with Gasteiger partial charge in [-0.1, -0.05) is 35.9 Å². The normalized spacial score (nSPS) is 30.9. The van der Waals surface area contributed by atoms with Crippen molar-refractivity contribution in [1.29, 1.82) is 0 Å². The summed E-state index contributed by atoms with van der Waals surface area (Å²) < 4.78 is 13.8. The van der Waals surface area contributed by atoms with E-state index in [1.807, 2.05) is 0 Å². The lowest BCUT2D eigenvalue weighted by molar-refractivity contribution is -0.136. The number of rotatable bonds is 5. The predicted octanol–water partition coefficient (Wildman–Crippen LogP) is 4.57. The van der Waals surface area contributed by atoms with Crippen LogP contribution in [0.25, 0.3) is 0 Å². The Kier molecular flexibility index (Phi) is 5.14. The zero-order chi connectivity index (χ0) is 21.8. The van der Waals surface area contributed by atoms with Gasteiger partial charge in [0.25, 0.3) is 5.91 Å². The van der Waals surface area contributed by atoms with Crippen molar-refractivity contribution < 1.29 is 19.1 Å². The molecule has 0 radical (unpaired) electrons. The third-order valence-electron chi connectivity index (χ3n) is 7.38. The molecule has 2 aromatic carbocycles. The van der Waals surface area contributed by atoms with Gasteiger partial charge in [-0.25, -0.2) is 4.39 Å². The van der Waals surface area contributed by atoms with Crippen LogP contribution in [0.2, 0.25) is 5.02 Å². The molecule has 2 atom stereocenters. The third kappa shape index (κ3) is 3.90. The maximum absolute atomic E-state index is 13.8. The Bertz CT molecular complexity index is 1040. The van der Waals surface area contributed by atoms with E-state index in [4.69, 9.17) is 11.6 Å². The van der Waals surface area contributed by atoms with Crippen LogP contribution in [0.1, 0.15) is 58.4 Å². The highest BCUT2D eigenvalue weighted by atomic mass is 35.5. The number of hydrogen-bond donors (Lipinski definition) is 2. The molecular weight excluding hydrogens is 417 g/mol. The van der Waals surface area contributed by atoms with E-state index >= 15 is 0 Å². The first kappa shape index (κ1) is 20.7. The first-order valence-electron chi connectivity index (χ1n) is 10.9. The molecule has 2 N–H and O–H groups in total. The molecule has 31 heavy (non-hydrogen) atoms. The summed E-state index contributed by atoms with van der Waals surface area (Å²) in [6.07, 6.45) is 4.45. The number of carbonyl (C=O) groups excluding carboxylic acids is 2. The smallest absolute Gasteiger partial charge is 0.253 e. The molecule has 6 rings (SSSR count). The minimum absolute atomic E-state index is 0.0581. The monoisotopic (exact) mass is 441 g/mol. The van der Waals surface area contributed by atoms with Gasteiger partial charge >= 0.3 is 0 Å². The summed E-state index contributed by atoms with van der Waals surface area (Å²) >= 11 is 6.37. The van der Waals surface area contributed by atoms with E-state index in [0.29, 0.717) is 34.4 Å². The standard InChI is InChI=1S/C25H25ClFNO3/c26-20-9-16(22(29)10-15-3-1-2-4-21(15)27)5-6-19(20)24(30)28-23-17-7-14-8-18(23)13-25(31,11-14)12-17/h1-6,9,14,17-18,23,31H,7-8,10-13H2,(H,28,30). The van der Waals surface area contributed by atoms with Crippen molar-refractivity contribution in [3.05, 3.63) is 70.0 Å². The summed E-state index contributed by atoms with van der Waals surface area (Å²) in [6, 6.07) is 10.9. The molecule has 4 aliphatic carbocycles. The van der Waals surface area contributed by atoms with E-state index < -0.39 is 11.4 Å². The molecule has 6 heteroatoms. The van der Waals surface area contributed by atoms with E-state index in [9.17, 15) is 19.1 Å². The van der Waals surface area contributed by atoms with E-state index in [1.54, 1.807) is 30.3 Å². The summed E-state index contributed by atoms with van der Waals surface area (Å²) in [4.78, 5) is 25.5. The fraction of sp³-hybridized carbons (Fsp3) is 0.440. The maximum atomic E-state index is 13.8. The molecule has 4 nitrogen and oxygen atoms in total. The Balaban J connectivity index is 1.28. The Labute approximate surface area is 185 Å². The van der Waals surface area contributed by atoms with Gasteiger partial charge in [-0.05, 0) is 73.6 Å². The number of Topliss-reactive ketones (excluding diaryl/α,β-unsaturated/α-hetero) is 1. The van der Waals surface area contributed by atoms with Gasteiger partial charge in [-0.2, -0.15) is 0 Å². The zero-order valence-corrected chi connectivity index (χ0v) is 17.9. The summed E-state index contributed by atoms with van der Waals surface area (Å²) in [5.74, 6) is 0.259. The van der Waals surface area contributed by atoms with Gasteiger partial charge < -0.3 is 10.4 Å². The fourth-order valence-electron chi connectivity index (χ4n) is 6.24. The van der Waals surface area contributed by atoms with E-state index in [2.05, 4.69) is 5.32 Å². The number of benzene rings is 2. The number of halogens is 2. The van der Waals surface area contributed by atoms with E-state index in [1.165, 1.54) is 12.1 Å². The number of amides is 1. The van der Waals surface area contributed by atoms with Crippen LogP contribution >= 0.6 is 11.6 Å². The van der Waals surface area contributed by atoms with Crippen LogP contribution in [0.5, 0.6) is 0 Å². The van der Waals surface area contributed by atoms with Gasteiger partial charge in [0.2, 0.25) is 0 Å². The van der Waals surface area contributed by atoms with Crippen LogP contribution in [0.15, 0.2) is 42.5 Å². The maximum Gasteiger partial charge on any atom is 0.253 e. The van der Waals surface area contributed by atoms with Crippen LogP contribution in [0.4, 0.5) is 4.39 Å². The van der Waals surface area contributed by atoms with E-state index in [-0.39, 0.29) is 29.2 Å². The molecule has 162 valence electrons. The third-order valence-corrected chi connectivity index (χ3v) is 7.70. The van der Waals surface area contributed by atoms with Crippen LogP contribution < -0.4 is 5.32 Å². The van der Waals surface area contributed by atoms with Gasteiger partial charge in [0.05, 0.1) is 16.2 Å². The Morgan fingerprint density at radius 1 is 1.10 bits per heavy atom. The molecule has 2 unspecified atom stereocenters. The molecule has 0 heterocycles.